The lowest BCUT2D eigenvalue weighted by atomic mass is 9.91. The summed E-state index contributed by atoms with van der Waals surface area (Å²) in [6.45, 7) is 14.2. The number of hydrogen-bond donors (Lipinski definition) is 2. The smallest absolute Gasteiger partial charge is 0.315 e. The van der Waals surface area contributed by atoms with Crippen LogP contribution >= 0.6 is 0 Å². The number of hydrogen-bond acceptors (Lipinski definition) is 5. The highest BCUT2D eigenvalue weighted by atomic mass is 28.3. The van der Waals surface area contributed by atoms with E-state index in [1.165, 1.54) is 12.1 Å². The molecule has 44 heavy (non-hydrogen) atoms. The highest BCUT2D eigenvalue weighted by Crippen LogP contribution is 2.24. The Hall–Kier alpha value is -2.30. The normalized spacial score (nSPS) is 21.1. The fourth-order valence-electron chi connectivity index (χ4n) is 4.73. The predicted octanol–water partition coefficient (Wildman–Crippen LogP) is 6.47. The molecule has 2 aromatic carbocycles. The minimum atomic E-state index is -1.36. The second-order valence-electron chi connectivity index (χ2n) is 13.7. The van der Waals surface area contributed by atoms with Crippen molar-refractivity contribution in [3.05, 3.63) is 70.8 Å². The Morgan fingerprint density at radius 2 is 1.02 bits per heavy atom. The van der Waals surface area contributed by atoms with E-state index < -0.39 is 69.7 Å². The summed E-state index contributed by atoms with van der Waals surface area (Å²) in [6, 6.07) is 6.89. The first-order valence-electron chi connectivity index (χ1n) is 14.9. The molecule has 2 aromatic rings. The third-order valence-corrected chi connectivity index (χ3v) is 10.7. The molecule has 1 heterocycles. The van der Waals surface area contributed by atoms with Crippen LogP contribution in [-0.4, -0.2) is 73.3 Å². The summed E-state index contributed by atoms with van der Waals surface area (Å²) in [5.74, 6) is -3.97. The summed E-state index contributed by atoms with van der Waals surface area (Å²) in [7, 11) is -2.73. The van der Waals surface area contributed by atoms with Crippen molar-refractivity contribution in [3.63, 3.8) is 0 Å². The molecule has 3 rings (SSSR count). The van der Waals surface area contributed by atoms with Crippen molar-refractivity contribution in [2.24, 2.45) is 0 Å². The number of ether oxygens (including phenoxy) is 4. The van der Waals surface area contributed by atoms with Crippen LogP contribution in [0.25, 0.3) is 0 Å². The van der Waals surface area contributed by atoms with E-state index in [-0.39, 0.29) is 26.4 Å². The molecule has 1 fully saturated rings. The van der Waals surface area contributed by atoms with Gasteiger partial charge in [-0.25, -0.2) is 22.4 Å². The van der Waals surface area contributed by atoms with Crippen LogP contribution in [-0.2, 0) is 31.8 Å². The topological polar surface area (TPSA) is 78.1 Å². The van der Waals surface area contributed by atoms with Crippen molar-refractivity contribution in [1.82, 2.24) is 10.6 Å². The summed E-state index contributed by atoms with van der Waals surface area (Å²) in [5, 5.41) is 5.75. The molecule has 0 unspecified atom stereocenters. The first-order chi connectivity index (χ1) is 20.6. The van der Waals surface area contributed by atoms with Crippen LogP contribution in [0.15, 0.2) is 36.4 Å². The highest BCUT2D eigenvalue weighted by Gasteiger charge is 2.42. The van der Waals surface area contributed by atoms with Crippen LogP contribution < -0.4 is 10.6 Å². The molecule has 0 radical (unpaired) electrons. The molecule has 2 amide bonds. The second kappa shape index (κ2) is 16.3. The minimum absolute atomic E-state index is 0.0957. The number of amides is 2. The first kappa shape index (κ1) is 36.2. The molecule has 0 saturated carbocycles. The van der Waals surface area contributed by atoms with E-state index in [0.717, 1.165) is 36.4 Å². The molecule has 0 spiro atoms. The van der Waals surface area contributed by atoms with Gasteiger partial charge in [-0.15, -0.1) is 0 Å². The summed E-state index contributed by atoms with van der Waals surface area (Å²) < 4.78 is 79.8. The molecule has 7 nitrogen and oxygen atoms in total. The predicted molar refractivity (Wildman–Crippen MR) is 167 cm³/mol. The zero-order chi connectivity index (χ0) is 32.5. The molecule has 1 aliphatic rings. The van der Waals surface area contributed by atoms with Gasteiger partial charge in [0.1, 0.15) is 25.8 Å². The Balaban J connectivity index is 1.90. The van der Waals surface area contributed by atoms with Gasteiger partial charge in [0.25, 0.3) is 0 Å². The van der Waals surface area contributed by atoms with E-state index in [0.29, 0.717) is 24.3 Å². The summed E-state index contributed by atoms with van der Waals surface area (Å²) in [6.07, 6.45) is -1.49. The van der Waals surface area contributed by atoms with E-state index in [9.17, 15) is 22.4 Å². The molecule has 13 heteroatoms. The largest absolute Gasteiger partial charge is 0.356 e. The van der Waals surface area contributed by atoms with E-state index in [4.69, 9.17) is 18.9 Å². The number of halogens is 4. The fourth-order valence-corrected chi connectivity index (χ4v) is 6.24. The number of rotatable bonds is 16. The van der Waals surface area contributed by atoms with Crippen molar-refractivity contribution in [1.29, 1.82) is 0 Å². The quantitative estimate of drug-likeness (QED) is 0.0936. The van der Waals surface area contributed by atoms with Crippen LogP contribution in [0, 0.1) is 23.3 Å². The second-order valence-corrected chi connectivity index (χ2v) is 24.9. The maximum Gasteiger partial charge on any atom is 0.315 e. The van der Waals surface area contributed by atoms with Gasteiger partial charge >= 0.3 is 6.03 Å². The van der Waals surface area contributed by atoms with E-state index in [1.54, 1.807) is 0 Å². The Morgan fingerprint density at radius 3 is 1.36 bits per heavy atom. The molecule has 1 aliphatic heterocycles. The minimum Gasteiger partial charge on any atom is -0.356 e. The molecule has 4 atom stereocenters. The lowest BCUT2D eigenvalue weighted by molar-refractivity contribution is -0.177. The van der Waals surface area contributed by atoms with Crippen molar-refractivity contribution in [2.45, 2.75) is 88.5 Å². The van der Waals surface area contributed by atoms with Gasteiger partial charge in [0.2, 0.25) is 0 Å². The fraction of sp³-hybridized carbons (Fsp3) is 0.581. The SMILES string of the molecule is C[Si](C)(C)CCOCO[C@@H]1[C@@H](OCOCC[Si](C)(C)C)[C@@H](Cc2ccc(F)c(F)c2)NC(=O)N[C@@H]1Cc1ccc(F)c(F)c1. The van der Waals surface area contributed by atoms with Gasteiger partial charge in [-0.2, -0.15) is 0 Å². The standard InChI is InChI=1S/C31H46F4N2O5Si2/c1-43(2,3)13-11-39-19-41-29-27(17-21-7-9-23(32)25(34)15-21)36-31(38)37-28(18-22-8-10-24(33)26(35)16-22)30(29)42-20-40-12-14-44(4,5)6/h7-10,15-16,27-30H,11-14,17-20H2,1-6H3,(H2,36,37,38)/t27-,28-,29+,30+/m1/s1. The monoisotopic (exact) mass is 658 g/mol. The first-order valence-corrected chi connectivity index (χ1v) is 22.4. The Morgan fingerprint density at radius 1 is 0.636 bits per heavy atom. The van der Waals surface area contributed by atoms with Crippen LogP contribution in [0.1, 0.15) is 11.1 Å². The number of carbonyl (C=O) groups is 1. The molecule has 0 aliphatic carbocycles. The van der Waals surface area contributed by atoms with Gasteiger partial charge in [-0.05, 0) is 60.3 Å². The van der Waals surface area contributed by atoms with Gasteiger partial charge in [0.15, 0.2) is 23.3 Å². The average Bonchev–Trinajstić information content (AvgIpc) is 3.02. The van der Waals surface area contributed by atoms with Gasteiger partial charge < -0.3 is 29.6 Å². The van der Waals surface area contributed by atoms with E-state index in [2.05, 4.69) is 49.9 Å². The third-order valence-electron chi connectivity index (χ3n) is 7.31. The average molecular weight is 659 g/mol. The molecular weight excluding hydrogens is 613 g/mol. The Bertz CT molecular complexity index is 1140. The maximum absolute atomic E-state index is 14.1. The lowest BCUT2D eigenvalue weighted by Crippen LogP contribution is -2.52. The Labute approximate surface area is 260 Å². The zero-order valence-electron chi connectivity index (χ0n) is 26.5. The van der Waals surface area contributed by atoms with Crippen LogP contribution in [0.3, 0.4) is 0 Å². The van der Waals surface area contributed by atoms with Crippen molar-refractivity contribution >= 4 is 22.2 Å². The van der Waals surface area contributed by atoms with Gasteiger partial charge in [-0.1, -0.05) is 51.4 Å². The van der Waals surface area contributed by atoms with Crippen molar-refractivity contribution in [3.8, 4) is 0 Å². The summed E-state index contributed by atoms with van der Waals surface area (Å²) in [4.78, 5) is 13.1. The molecular formula is C31H46F4N2O5Si2. The Kier molecular flexibility index (Phi) is 13.4. The maximum atomic E-state index is 14.1. The van der Waals surface area contributed by atoms with Crippen LogP contribution in [0.2, 0.25) is 51.4 Å². The lowest BCUT2D eigenvalue weighted by Gasteiger charge is -2.34. The highest BCUT2D eigenvalue weighted by molar-refractivity contribution is 6.76. The molecule has 0 bridgehead atoms. The van der Waals surface area contributed by atoms with Gasteiger partial charge in [0, 0.05) is 29.4 Å². The number of benzene rings is 2. The van der Waals surface area contributed by atoms with Gasteiger partial charge in [0.05, 0.1) is 12.1 Å². The van der Waals surface area contributed by atoms with Gasteiger partial charge in [-0.3, -0.25) is 0 Å². The van der Waals surface area contributed by atoms with E-state index >= 15 is 0 Å². The van der Waals surface area contributed by atoms with Crippen molar-refractivity contribution < 1.29 is 41.3 Å². The van der Waals surface area contributed by atoms with Crippen molar-refractivity contribution in [2.75, 3.05) is 26.8 Å². The van der Waals surface area contributed by atoms with Crippen LogP contribution in [0.4, 0.5) is 22.4 Å². The third kappa shape index (κ3) is 12.2. The molecule has 246 valence electrons. The molecule has 2 N–H and O–H groups in total. The number of urea groups is 1. The molecule has 1 saturated heterocycles. The zero-order valence-corrected chi connectivity index (χ0v) is 28.5. The number of nitrogens with one attached hydrogen (secondary N) is 2. The van der Waals surface area contributed by atoms with E-state index in [1.807, 2.05) is 0 Å². The summed E-state index contributed by atoms with van der Waals surface area (Å²) >= 11 is 0. The molecule has 0 aromatic heterocycles. The summed E-state index contributed by atoms with van der Waals surface area (Å²) in [5.41, 5.74) is 0.873. The number of carbonyl (C=O) groups excluding carboxylic acids is 1. The van der Waals surface area contributed by atoms with Crippen LogP contribution in [0.5, 0.6) is 0 Å².